The summed E-state index contributed by atoms with van der Waals surface area (Å²) in [7, 11) is -3.38. The summed E-state index contributed by atoms with van der Waals surface area (Å²) < 4.78 is 30.4. The van der Waals surface area contributed by atoms with Crippen LogP contribution in [-0.2, 0) is 14.6 Å². The molecule has 0 unspecified atom stereocenters. The molecule has 2 rings (SSSR count). The second-order valence-electron chi connectivity index (χ2n) is 7.13. The molecule has 1 aromatic rings. The van der Waals surface area contributed by atoms with E-state index in [1.807, 2.05) is 30.3 Å². The molecule has 0 aromatic heterocycles. The Balaban J connectivity index is 2.36. The van der Waals surface area contributed by atoms with Crippen molar-refractivity contribution >= 4 is 15.9 Å². The molecule has 3 N–H and O–H groups in total. The zero-order chi connectivity index (χ0) is 18.2. The van der Waals surface area contributed by atoms with Gasteiger partial charge in [-0.25, -0.2) is 13.2 Å². The van der Waals surface area contributed by atoms with Crippen molar-refractivity contribution in [2.75, 3.05) is 12.3 Å². The number of carbonyl (C=O) groups is 1. The molecule has 0 spiro atoms. The van der Waals surface area contributed by atoms with E-state index in [2.05, 4.69) is 5.32 Å². The number of carbonyl (C=O) groups excluding carboxylic acids is 1. The smallest absolute Gasteiger partial charge is 0.408 e. The summed E-state index contributed by atoms with van der Waals surface area (Å²) >= 11 is 0. The average Bonchev–Trinajstić information content (AvgIpc) is 3.16. The molecular formula is C17H26N2O4S. The largest absolute Gasteiger partial charge is 0.444 e. The van der Waals surface area contributed by atoms with Crippen molar-refractivity contribution in [2.45, 2.75) is 50.0 Å². The van der Waals surface area contributed by atoms with Gasteiger partial charge in [0.1, 0.15) is 5.60 Å². The molecule has 0 radical (unpaired) electrons. The summed E-state index contributed by atoms with van der Waals surface area (Å²) in [5.41, 5.74) is 5.06. The normalized spacial score (nSPS) is 26.7. The van der Waals surface area contributed by atoms with Crippen molar-refractivity contribution in [3.05, 3.63) is 35.9 Å². The van der Waals surface area contributed by atoms with Gasteiger partial charge in [-0.05, 0) is 26.3 Å². The molecule has 1 aromatic carbocycles. The molecule has 24 heavy (non-hydrogen) atoms. The average molecular weight is 354 g/mol. The molecule has 1 amide bonds. The first-order valence-corrected chi connectivity index (χ1v) is 9.76. The van der Waals surface area contributed by atoms with E-state index in [1.54, 1.807) is 27.7 Å². The van der Waals surface area contributed by atoms with E-state index in [9.17, 15) is 13.2 Å². The van der Waals surface area contributed by atoms with Gasteiger partial charge in [-0.2, -0.15) is 0 Å². The number of benzene rings is 1. The number of ether oxygens (including phenoxy) is 1. The van der Waals surface area contributed by atoms with Gasteiger partial charge in [0.15, 0.2) is 9.84 Å². The van der Waals surface area contributed by atoms with E-state index in [4.69, 9.17) is 10.5 Å². The van der Waals surface area contributed by atoms with Crippen molar-refractivity contribution in [3.8, 4) is 0 Å². The zero-order valence-corrected chi connectivity index (χ0v) is 15.4. The Hall–Kier alpha value is -1.60. The quantitative estimate of drug-likeness (QED) is 0.840. The molecule has 1 aliphatic carbocycles. The number of amides is 1. The number of hydrogen-bond acceptors (Lipinski definition) is 5. The molecule has 6 nitrogen and oxygen atoms in total. The first kappa shape index (κ1) is 18.7. The molecular weight excluding hydrogens is 328 g/mol. The fourth-order valence-electron chi connectivity index (χ4n) is 3.18. The van der Waals surface area contributed by atoms with Crippen molar-refractivity contribution in [3.63, 3.8) is 0 Å². The number of sulfone groups is 1. The molecule has 134 valence electrons. The number of nitrogens with one attached hydrogen (secondary N) is 1. The lowest BCUT2D eigenvalue weighted by Gasteiger charge is -2.24. The third-order valence-corrected chi connectivity index (χ3v) is 6.55. The van der Waals surface area contributed by atoms with Crippen LogP contribution in [0.25, 0.3) is 0 Å². The molecule has 0 saturated heterocycles. The van der Waals surface area contributed by atoms with Crippen LogP contribution in [0.3, 0.4) is 0 Å². The molecule has 3 atom stereocenters. The van der Waals surface area contributed by atoms with Crippen LogP contribution in [-0.4, -0.2) is 43.2 Å². The fraction of sp³-hybridized carbons (Fsp3) is 0.588. The molecule has 1 saturated carbocycles. The van der Waals surface area contributed by atoms with Crippen LogP contribution in [0.2, 0.25) is 0 Å². The van der Waals surface area contributed by atoms with Gasteiger partial charge < -0.3 is 15.8 Å². The van der Waals surface area contributed by atoms with Crippen LogP contribution >= 0.6 is 0 Å². The lowest BCUT2D eigenvalue weighted by Crippen LogP contribution is -2.49. The highest BCUT2D eigenvalue weighted by atomic mass is 32.2. The third kappa shape index (κ3) is 3.57. The summed E-state index contributed by atoms with van der Waals surface area (Å²) in [5, 5.41) is 2.01. The topological polar surface area (TPSA) is 98.5 Å². The summed E-state index contributed by atoms with van der Waals surface area (Å²) in [6.07, 6.45) is -0.650. The fourth-order valence-corrected chi connectivity index (χ4v) is 5.22. The summed E-state index contributed by atoms with van der Waals surface area (Å²) in [5.74, 6) is -0.375. The van der Waals surface area contributed by atoms with Crippen LogP contribution in [0, 0.1) is 0 Å². The molecule has 0 aliphatic heterocycles. The standard InChI is InChI=1S/C17H26N2O4S/c1-5-24(21,22)14-13(12-9-7-6-8-10-12)17(14,11-18)19-15(20)23-16(2,3)4/h6-10,13-14H,5,11,18H2,1-4H3,(H,19,20)/t13-,14-,17+/m1/s1. The Morgan fingerprint density at radius 1 is 1.29 bits per heavy atom. The van der Waals surface area contributed by atoms with Crippen molar-refractivity contribution < 1.29 is 17.9 Å². The zero-order valence-electron chi connectivity index (χ0n) is 14.6. The van der Waals surface area contributed by atoms with Gasteiger partial charge in [-0.3, -0.25) is 0 Å². The Kier molecular flexibility index (Phi) is 4.97. The van der Waals surface area contributed by atoms with Gasteiger partial charge in [-0.1, -0.05) is 37.3 Å². The number of hydrogen-bond donors (Lipinski definition) is 2. The lowest BCUT2D eigenvalue weighted by molar-refractivity contribution is 0.0497. The van der Waals surface area contributed by atoms with E-state index in [1.165, 1.54) is 0 Å². The summed E-state index contributed by atoms with van der Waals surface area (Å²) in [6, 6.07) is 9.27. The van der Waals surface area contributed by atoms with E-state index < -0.39 is 32.3 Å². The maximum Gasteiger partial charge on any atom is 0.408 e. The van der Waals surface area contributed by atoms with E-state index in [0.29, 0.717) is 0 Å². The van der Waals surface area contributed by atoms with Gasteiger partial charge in [0.2, 0.25) is 0 Å². The molecule has 0 heterocycles. The Morgan fingerprint density at radius 3 is 2.33 bits per heavy atom. The predicted octanol–water partition coefficient (Wildman–Crippen LogP) is 1.81. The Labute approximate surface area is 143 Å². The van der Waals surface area contributed by atoms with Crippen molar-refractivity contribution in [1.29, 1.82) is 0 Å². The van der Waals surface area contributed by atoms with Crippen molar-refractivity contribution in [2.24, 2.45) is 5.73 Å². The monoisotopic (exact) mass is 354 g/mol. The van der Waals surface area contributed by atoms with Crippen LogP contribution in [0.1, 0.15) is 39.2 Å². The minimum absolute atomic E-state index is 0.00124. The van der Waals surface area contributed by atoms with E-state index >= 15 is 0 Å². The lowest BCUT2D eigenvalue weighted by atomic mass is 10.1. The van der Waals surface area contributed by atoms with Crippen LogP contribution < -0.4 is 11.1 Å². The molecule has 7 heteroatoms. The Bertz CT molecular complexity index is 697. The van der Waals surface area contributed by atoms with Gasteiger partial charge in [0.25, 0.3) is 0 Å². The van der Waals surface area contributed by atoms with Gasteiger partial charge in [-0.15, -0.1) is 0 Å². The third-order valence-electron chi connectivity index (χ3n) is 4.28. The molecule has 1 aliphatic rings. The molecule has 0 bridgehead atoms. The Morgan fingerprint density at radius 2 is 1.88 bits per heavy atom. The highest BCUT2D eigenvalue weighted by molar-refractivity contribution is 7.92. The van der Waals surface area contributed by atoms with Gasteiger partial charge >= 0.3 is 6.09 Å². The maximum atomic E-state index is 12.5. The highest BCUT2D eigenvalue weighted by Gasteiger charge is 2.71. The first-order valence-electron chi connectivity index (χ1n) is 8.05. The SMILES string of the molecule is CCS(=O)(=O)[C@@H]1[C@@H](c2ccccc2)[C@]1(CN)NC(=O)OC(C)(C)C. The number of alkyl carbamates (subject to hydrolysis) is 1. The number of rotatable bonds is 5. The first-order chi connectivity index (χ1) is 11.1. The van der Waals surface area contributed by atoms with Crippen molar-refractivity contribution in [1.82, 2.24) is 5.32 Å². The predicted molar refractivity (Wildman–Crippen MR) is 93.6 cm³/mol. The van der Waals surface area contributed by atoms with Crippen LogP contribution in [0.5, 0.6) is 0 Å². The minimum Gasteiger partial charge on any atom is -0.444 e. The van der Waals surface area contributed by atoms with Crippen LogP contribution in [0.4, 0.5) is 4.79 Å². The highest BCUT2D eigenvalue weighted by Crippen LogP contribution is 2.55. The second kappa shape index (κ2) is 6.37. The summed E-state index contributed by atoms with van der Waals surface area (Å²) in [6.45, 7) is 6.89. The van der Waals surface area contributed by atoms with E-state index in [-0.39, 0.29) is 18.2 Å². The van der Waals surface area contributed by atoms with Gasteiger partial charge in [0.05, 0.1) is 10.8 Å². The minimum atomic E-state index is -3.38. The maximum absolute atomic E-state index is 12.5. The number of nitrogens with two attached hydrogens (primary N) is 1. The van der Waals surface area contributed by atoms with Crippen LogP contribution in [0.15, 0.2) is 30.3 Å². The second-order valence-corrected chi connectivity index (χ2v) is 9.54. The molecule has 1 fully saturated rings. The van der Waals surface area contributed by atoms with E-state index in [0.717, 1.165) is 5.56 Å². The van der Waals surface area contributed by atoms with Gasteiger partial charge in [0, 0.05) is 18.2 Å². The summed E-state index contributed by atoms with van der Waals surface area (Å²) in [4.78, 5) is 12.2.